The standard InChI is InChI=1S/C6H10ClN3O3/c7-2-4-10(6(8)12)3-1-5(11)9-13/h1-4H2,(H2,8,12). The molecule has 2 N–H and O–H groups in total. The molecule has 0 unspecified atom stereocenters. The zero-order chi connectivity index (χ0) is 10.3. The normalized spacial score (nSPS) is 9.31. The number of halogens is 1. The Balaban J connectivity index is 3.88. The number of alkyl halides is 1. The summed E-state index contributed by atoms with van der Waals surface area (Å²) in [6.45, 7) is 0.329. The van der Waals surface area contributed by atoms with Gasteiger partial charge in [-0.25, -0.2) is 4.79 Å². The van der Waals surface area contributed by atoms with Crippen molar-refractivity contribution in [2.24, 2.45) is 10.9 Å². The first-order valence-corrected chi connectivity index (χ1v) is 4.11. The van der Waals surface area contributed by atoms with Crippen molar-refractivity contribution in [1.29, 1.82) is 0 Å². The summed E-state index contributed by atoms with van der Waals surface area (Å²) in [6, 6.07) is -0.667. The zero-order valence-corrected chi connectivity index (χ0v) is 7.66. The molecule has 0 atom stereocenters. The lowest BCUT2D eigenvalue weighted by atomic mass is 10.4. The molecule has 0 aromatic heterocycles. The van der Waals surface area contributed by atoms with Crippen LogP contribution in [0.3, 0.4) is 0 Å². The van der Waals surface area contributed by atoms with Crippen LogP contribution in [0.15, 0.2) is 5.18 Å². The number of rotatable bonds is 5. The molecular weight excluding hydrogens is 198 g/mol. The second kappa shape index (κ2) is 6.36. The van der Waals surface area contributed by atoms with Gasteiger partial charge >= 0.3 is 6.03 Å². The molecule has 0 aromatic rings. The molecule has 0 spiro atoms. The number of hydrogen-bond acceptors (Lipinski definition) is 3. The molecule has 0 aromatic carbocycles. The fourth-order valence-electron chi connectivity index (χ4n) is 0.710. The van der Waals surface area contributed by atoms with Gasteiger partial charge in [-0.1, -0.05) is 0 Å². The molecule has 74 valence electrons. The second-order valence-electron chi connectivity index (χ2n) is 2.25. The van der Waals surface area contributed by atoms with Gasteiger partial charge in [-0.2, -0.15) is 0 Å². The summed E-state index contributed by atoms with van der Waals surface area (Å²) in [5.74, 6) is -0.577. The highest BCUT2D eigenvalue weighted by Crippen LogP contribution is 1.94. The molecule has 0 rings (SSSR count). The minimum absolute atomic E-state index is 0.0760. The van der Waals surface area contributed by atoms with Crippen LogP contribution in [-0.4, -0.2) is 35.8 Å². The Bertz CT molecular complexity index is 209. The van der Waals surface area contributed by atoms with Crippen LogP contribution in [0.2, 0.25) is 0 Å². The SMILES string of the molecule is NC(=O)N(CCCl)CCC(=O)N=O. The van der Waals surface area contributed by atoms with E-state index >= 15 is 0 Å². The van der Waals surface area contributed by atoms with Crippen LogP contribution in [0, 0.1) is 4.91 Å². The van der Waals surface area contributed by atoms with Crippen LogP contribution in [0.4, 0.5) is 4.79 Å². The van der Waals surface area contributed by atoms with E-state index in [4.69, 9.17) is 17.3 Å². The largest absolute Gasteiger partial charge is 0.351 e. The van der Waals surface area contributed by atoms with E-state index in [2.05, 4.69) is 5.18 Å². The van der Waals surface area contributed by atoms with Crippen LogP contribution < -0.4 is 5.73 Å². The van der Waals surface area contributed by atoms with E-state index in [1.54, 1.807) is 0 Å². The molecule has 3 amide bonds. The van der Waals surface area contributed by atoms with Gasteiger partial charge in [0, 0.05) is 30.6 Å². The molecule has 13 heavy (non-hydrogen) atoms. The molecule has 0 saturated carbocycles. The average Bonchev–Trinajstić information content (AvgIpc) is 2.11. The minimum Gasteiger partial charge on any atom is -0.351 e. The molecule has 0 saturated heterocycles. The highest BCUT2D eigenvalue weighted by molar-refractivity contribution is 6.18. The van der Waals surface area contributed by atoms with Crippen molar-refractivity contribution in [3.8, 4) is 0 Å². The molecule has 0 heterocycles. The summed E-state index contributed by atoms with van der Waals surface area (Å²) in [7, 11) is 0. The molecule has 0 bridgehead atoms. The van der Waals surface area contributed by atoms with Crippen molar-refractivity contribution < 1.29 is 9.59 Å². The third-order valence-corrected chi connectivity index (χ3v) is 1.53. The van der Waals surface area contributed by atoms with E-state index in [1.165, 1.54) is 4.90 Å². The molecule has 0 aliphatic carbocycles. The molecule has 0 radical (unpaired) electrons. The highest BCUT2D eigenvalue weighted by atomic mass is 35.5. The number of hydrogen-bond donors (Lipinski definition) is 1. The number of nitroso groups, excluding NO2 is 1. The first kappa shape index (κ1) is 11.8. The zero-order valence-electron chi connectivity index (χ0n) is 6.90. The Hall–Kier alpha value is -1.17. The third kappa shape index (κ3) is 5.13. The topological polar surface area (TPSA) is 92.8 Å². The van der Waals surface area contributed by atoms with E-state index in [-0.39, 0.29) is 25.4 Å². The Morgan fingerprint density at radius 3 is 2.38 bits per heavy atom. The van der Waals surface area contributed by atoms with Gasteiger partial charge in [0.15, 0.2) is 0 Å². The summed E-state index contributed by atoms with van der Waals surface area (Å²) < 4.78 is 0. The Morgan fingerprint density at radius 2 is 2.00 bits per heavy atom. The van der Waals surface area contributed by atoms with E-state index < -0.39 is 11.9 Å². The lowest BCUT2D eigenvalue weighted by Crippen LogP contribution is -2.38. The maximum Gasteiger partial charge on any atom is 0.314 e. The predicted octanol–water partition coefficient (Wildman–Crippen LogP) is 0.289. The van der Waals surface area contributed by atoms with E-state index in [0.29, 0.717) is 0 Å². The maximum atomic E-state index is 10.7. The fraction of sp³-hybridized carbons (Fsp3) is 0.667. The van der Waals surface area contributed by atoms with Gasteiger partial charge in [0.2, 0.25) is 0 Å². The van der Waals surface area contributed by atoms with Gasteiger partial charge in [0.1, 0.15) is 0 Å². The monoisotopic (exact) mass is 207 g/mol. The van der Waals surface area contributed by atoms with E-state index in [0.717, 1.165) is 0 Å². The summed E-state index contributed by atoms with van der Waals surface area (Å²) in [5, 5.41) is 2.18. The lowest BCUT2D eigenvalue weighted by molar-refractivity contribution is -0.118. The molecule has 7 heteroatoms. The van der Waals surface area contributed by atoms with Crippen molar-refractivity contribution >= 4 is 23.5 Å². The molecule has 0 aliphatic heterocycles. The van der Waals surface area contributed by atoms with Gasteiger partial charge in [-0.05, 0) is 0 Å². The van der Waals surface area contributed by atoms with Crippen molar-refractivity contribution in [2.45, 2.75) is 6.42 Å². The van der Waals surface area contributed by atoms with E-state index in [9.17, 15) is 14.5 Å². The Morgan fingerprint density at radius 1 is 1.38 bits per heavy atom. The van der Waals surface area contributed by atoms with Crippen molar-refractivity contribution in [3.05, 3.63) is 4.91 Å². The number of carbonyl (C=O) groups excluding carboxylic acids is 2. The average molecular weight is 208 g/mol. The van der Waals surface area contributed by atoms with Gasteiger partial charge in [0.05, 0.1) is 0 Å². The Kier molecular flexibility index (Phi) is 5.79. The fourth-order valence-corrected chi connectivity index (χ4v) is 0.914. The smallest absolute Gasteiger partial charge is 0.314 e. The first-order valence-electron chi connectivity index (χ1n) is 3.58. The van der Waals surface area contributed by atoms with Crippen molar-refractivity contribution in [3.63, 3.8) is 0 Å². The van der Waals surface area contributed by atoms with E-state index in [1.807, 2.05) is 0 Å². The number of carbonyl (C=O) groups is 2. The van der Waals surface area contributed by atoms with Crippen molar-refractivity contribution in [2.75, 3.05) is 19.0 Å². The Labute approximate surface area is 80.0 Å². The molecule has 0 aliphatic rings. The van der Waals surface area contributed by atoms with Crippen LogP contribution in [0.5, 0.6) is 0 Å². The molecule has 6 nitrogen and oxygen atoms in total. The number of amides is 3. The first-order chi connectivity index (χ1) is 6.11. The van der Waals surface area contributed by atoms with Crippen LogP contribution in [0.25, 0.3) is 0 Å². The predicted molar refractivity (Wildman–Crippen MR) is 47.3 cm³/mol. The summed E-state index contributed by atoms with van der Waals surface area (Å²) in [4.78, 5) is 32.0. The number of nitrogens with two attached hydrogens (primary N) is 1. The minimum atomic E-state index is -0.805. The number of nitrogens with zero attached hydrogens (tertiary/aromatic N) is 2. The highest BCUT2D eigenvalue weighted by Gasteiger charge is 2.10. The van der Waals surface area contributed by atoms with Crippen LogP contribution in [0.1, 0.15) is 6.42 Å². The second-order valence-corrected chi connectivity index (χ2v) is 2.63. The van der Waals surface area contributed by atoms with Gasteiger partial charge in [-0.3, -0.25) is 4.79 Å². The molecular formula is C6H10ClN3O3. The van der Waals surface area contributed by atoms with Crippen LogP contribution >= 0.6 is 11.6 Å². The van der Waals surface area contributed by atoms with Gasteiger partial charge < -0.3 is 10.6 Å². The third-order valence-electron chi connectivity index (χ3n) is 1.36. The number of urea groups is 1. The summed E-state index contributed by atoms with van der Waals surface area (Å²) in [6.07, 6.45) is -0.122. The molecule has 0 fully saturated rings. The van der Waals surface area contributed by atoms with Crippen molar-refractivity contribution in [1.82, 2.24) is 4.90 Å². The number of primary amides is 1. The summed E-state index contributed by atoms with van der Waals surface area (Å²) >= 11 is 5.37. The quantitative estimate of drug-likeness (QED) is 0.519. The van der Waals surface area contributed by atoms with Gasteiger partial charge in [0.25, 0.3) is 5.91 Å². The van der Waals surface area contributed by atoms with Gasteiger partial charge in [-0.15, -0.1) is 16.5 Å². The maximum absolute atomic E-state index is 10.7. The van der Waals surface area contributed by atoms with Crippen LogP contribution in [-0.2, 0) is 4.79 Å². The lowest BCUT2D eigenvalue weighted by Gasteiger charge is -2.17. The summed E-state index contributed by atoms with van der Waals surface area (Å²) in [5.41, 5.74) is 4.96.